The fraction of sp³-hybridized carbons (Fsp3) is 0.429. The van der Waals surface area contributed by atoms with Crippen LogP contribution >= 0.6 is 11.6 Å². The Morgan fingerprint density at radius 3 is 2.83 bits per heavy atom. The molecule has 0 saturated carbocycles. The molecule has 4 heteroatoms. The third-order valence-corrected chi connectivity index (χ3v) is 4.02. The van der Waals surface area contributed by atoms with E-state index in [0.29, 0.717) is 11.2 Å². The molecule has 0 radical (unpaired) electrons. The molecule has 0 bridgehead atoms. The van der Waals surface area contributed by atoms with Crippen LogP contribution < -0.4 is 4.90 Å². The molecule has 2 aromatic rings. The van der Waals surface area contributed by atoms with Crippen LogP contribution in [-0.4, -0.2) is 22.8 Å². The highest BCUT2D eigenvalue weighted by Gasteiger charge is 2.26. The summed E-state index contributed by atoms with van der Waals surface area (Å²) in [5, 5.41) is 11.0. The second-order valence-corrected chi connectivity index (χ2v) is 5.12. The van der Waals surface area contributed by atoms with Crippen LogP contribution in [0.4, 0.5) is 5.82 Å². The second kappa shape index (κ2) is 4.73. The summed E-state index contributed by atoms with van der Waals surface area (Å²) in [7, 11) is 0. The summed E-state index contributed by atoms with van der Waals surface area (Å²) in [4.78, 5) is 2.38. The number of benzene rings is 1. The zero-order chi connectivity index (χ0) is 12.5. The molecule has 0 spiro atoms. The van der Waals surface area contributed by atoms with Gasteiger partial charge in [0.05, 0.1) is 0 Å². The zero-order valence-corrected chi connectivity index (χ0v) is 11.2. The largest absolute Gasteiger partial charge is 0.352 e. The number of nitrogens with zero attached hydrogens (tertiary/aromatic N) is 3. The molecule has 18 heavy (non-hydrogen) atoms. The van der Waals surface area contributed by atoms with E-state index < -0.39 is 0 Å². The van der Waals surface area contributed by atoms with Crippen LogP contribution in [0, 0.1) is 0 Å². The van der Waals surface area contributed by atoms with Crippen molar-refractivity contribution in [1.82, 2.24) is 10.2 Å². The minimum Gasteiger partial charge on any atom is -0.352 e. The number of hydrogen-bond acceptors (Lipinski definition) is 3. The highest BCUT2D eigenvalue weighted by atomic mass is 35.5. The lowest BCUT2D eigenvalue weighted by molar-refractivity contribution is 0.639. The summed E-state index contributed by atoms with van der Waals surface area (Å²) in [6.45, 7) is 3.30. The van der Waals surface area contributed by atoms with Crippen LogP contribution in [0.25, 0.3) is 10.8 Å². The number of aromatic nitrogens is 2. The standard InChI is InChI=1S/C14H16ClN3/c1-2-10-6-5-9-18(10)14-12-8-4-3-7-11(12)13(15)16-17-14/h3-4,7-8,10H,2,5-6,9H2,1H3. The quantitative estimate of drug-likeness (QED) is 0.826. The minimum atomic E-state index is 0.488. The van der Waals surface area contributed by atoms with Gasteiger partial charge in [-0.15, -0.1) is 10.2 Å². The summed E-state index contributed by atoms with van der Waals surface area (Å²) in [5.41, 5.74) is 0. The summed E-state index contributed by atoms with van der Waals surface area (Å²) >= 11 is 6.11. The average Bonchev–Trinajstić information content (AvgIpc) is 2.88. The van der Waals surface area contributed by atoms with E-state index in [1.54, 1.807) is 0 Å². The van der Waals surface area contributed by atoms with Gasteiger partial charge in [-0.05, 0) is 19.3 Å². The molecule has 2 heterocycles. The van der Waals surface area contributed by atoms with Crippen LogP contribution in [0.3, 0.4) is 0 Å². The molecular formula is C14H16ClN3. The molecule has 1 aromatic heterocycles. The third kappa shape index (κ3) is 1.83. The highest BCUT2D eigenvalue weighted by molar-refractivity contribution is 6.34. The van der Waals surface area contributed by atoms with Crippen molar-refractivity contribution in [3.05, 3.63) is 29.4 Å². The van der Waals surface area contributed by atoms with Crippen molar-refractivity contribution in [3.63, 3.8) is 0 Å². The predicted molar refractivity (Wildman–Crippen MR) is 75.2 cm³/mol. The van der Waals surface area contributed by atoms with E-state index >= 15 is 0 Å². The van der Waals surface area contributed by atoms with Crippen molar-refractivity contribution in [2.45, 2.75) is 32.2 Å². The molecule has 1 aliphatic rings. The van der Waals surface area contributed by atoms with Crippen molar-refractivity contribution in [1.29, 1.82) is 0 Å². The van der Waals surface area contributed by atoms with Crippen LogP contribution in [0.15, 0.2) is 24.3 Å². The Hall–Kier alpha value is -1.35. The van der Waals surface area contributed by atoms with Gasteiger partial charge < -0.3 is 4.90 Å². The average molecular weight is 262 g/mol. The van der Waals surface area contributed by atoms with Gasteiger partial charge in [0.2, 0.25) is 0 Å². The first-order valence-corrected chi connectivity index (χ1v) is 6.86. The van der Waals surface area contributed by atoms with Crippen LogP contribution in [-0.2, 0) is 0 Å². The van der Waals surface area contributed by atoms with E-state index in [1.165, 1.54) is 12.8 Å². The van der Waals surface area contributed by atoms with Gasteiger partial charge in [-0.3, -0.25) is 0 Å². The Kier molecular flexibility index (Phi) is 3.08. The van der Waals surface area contributed by atoms with E-state index in [-0.39, 0.29) is 0 Å². The minimum absolute atomic E-state index is 0.488. The van der Waals surface area contributed by atoms with Gasteiger partial charge in [-0.1, -0.05) is 42.8 Å². The molecule has 0 aliphatic carbocycles. The van der Waals surface area contributed by atoms with E-state index in [4.69, 9.17) is 11.6 Å². The van der Waals surface area contributed by atoms with E-state index in [9.17, 15) is 0 Å². The molecule has 1 saturated heterocycles. The maximum atomic E-state index is 6.11. The maximum absolute atomic E-state index is 6.11. The Bertz CT molecular complexity index is 570. The summed E-state index contributed by atoms with van der Waals surface area (Å²) in [5.74, 6) is 0.986. The molecule has 1 aromatic carbocycles. The first-order chi connectivity index (χ1) is 8.81. The van der Waals surface area contributed by atoms with Crippen LogP contribution in [0.1, 0.15) is 26.2 Å². The maximum Gasteiger partial charge on any atom is 0.159 e. The molecule has 0 N–H and O–H groups in total. The number of hydrogen-bond donors (Lipinski definition) is 0. The smallest absolute Gasteiger partial charge is 0.159 e. The Morgan fingerprint density at radius 1 is 1.28 bits per heavy atom. The van der Waals surface area contributed by atoms with Crippen molar-refractivity contribution in [2.75, 3.05) is 11.4 Å². The molecule has 94 valence electrons. The Labute approximate surface area is 112 Å². The fourth-order valence-electron chi connectivity index (χ4n) is 2.81. The van der Waals surface area contributed by atoms with E-state index in [1.807, 2.05) is 18.2 Å². The van der Waals surface area contributed by atoms with Crippen molar-refractivity contribution in [2.24, 2.45) is 0 Å². The second-order valence-electron chi connectivity index (χ2n) is 4.76. The molecule has 0 amide bonds. The van der Waals surface area contributed by atoms with Gasteiger partial charge in [-0.2, -0.15) is 0 Å². The molecule has 3 rings (SSSR count). The number of anilines is 1. The molecular weight excluding hydrogens is 246 g/mol. The fourth-order valence-corrected chi connectivity index (χ4v) is 3.01. The molecule has 1 unspecified atom stereocenters. The lowest BCUT2D eigenvalue weighted by atomic mass is 10.1. The molecule has 1 atom stereocenters. The molecule has 1 fully saturated rings. The van der Waals surface area contributed by atoms with Gasteiger partial charge in [0.25, 0.3) is 0 Å². The SMILES string of the molecule is CCC1CCCN1c1nnc(Cl)c2ccccc12. The first kappa shape index (κ1) is 11.7. The summed E-state index contributed by atoms with van der Waals surface area (Å²) in [6.07, 6.45) is 3.63. The van der Waals surface area contributed by atoms with Crippen molar-refractivity contribution < 1.29 is 0 Å². The van der Waals surface area contributed by atoms with Crippen LogP contribution in [0.2, 0.25) is 5.15 Å². The lowest BCUT2D eigenvalue weighted by Crippen LogP contribution is -2.29. The third-order valence-electron chi connectivity index (χ3n) is 3.74. The van der Waals surface area contributed by atoms with Gasteiger partial charge in [0.15, 0.2) is 11.0 Å². The van der Waals surface area contributed by atoms with Crippen molar-refractivity contribution >= 4 is 28.2 Å². The number of fused-ring (bicyclic) bond motifs is 1. The zero-order valence-electron chi connectivity index (χ0n) is 10.4. The van der Waals surface area contributed by atoms with Gasteiger partial charge in [-0.25, -0.2) is 0 Å². The topological polar surface area (TPSA) is 29.0 Å². The summed E-state index contributed by atoms with van der Waals surface area (Å²) < 4.78 is 0. The van der Waals surface area contributed by atoms with Gasteiger partial charge in [0, 0.05) is 23.4 Å². The van der Waals surface area contributed by atoms with Crippen LogP contribution in [0.5, 0.6) is 0 Å². The lowest BCUT2D eigenvalue weighted by Gasteiger charge is -2.25. The van der Waals surface area contributed by atoms with Gasteiger partial charge in [0.1, 0.15) is 0 Å². The molecule has 3 nitrogen and oxygen atoms in total. The number of halogens is 1. The van der Waals surface area contributed by atoms with E-state index in [2.05, 4.69) is 28.1 Å². The molecule has 1 aliphatic heterocycles. The normalized spacial score (nSPS) is 19.7. The number of rotatable bonds is 2. The first-order valence-electron chi connectivity index (χ1n) is 6.49. The Morgan fingerprint density at radius 2 is 2.06 bits per heavy atom. The monoisotopic (exact) mass is 261 g/mol. The van der Waals surface area contributed by atoms with Crippen molar-refractivity contribution in [3.8, 4) is 0 Å². The predicted octanol–water partition coefficient (Wildman–Crippen LogP) is 3.66. The van der Waals surface area contributed by atoms with Gasteiger partial charge >= 0.3 is 0 Å². The van der Waals surface area contributed by atoms with E-state index in [0.717, 1.165) is 29.6 Å². The Balaban J connectivity index is 2.15. The highest BCUT2D eigenvalue weighted by Crippen LogP contribution is 2.32. The summed E-state index contributed by atoms with van der Waals surface area (Å²) in [6, 6.07) is 8.69.